The second-order valence-electron chi connectivity index (χ2n) is 5.83. The third kappa shape index (κ3) is 5.02. The molecule has 0 heterocycles. The molecule has 130 valence electrons. The fraction of sp³-hybridized carbons (Fsp3) is 0.333. The summed E-state index contributed by atoms with van der Waals surface area (Å²) in [6, 6.07) is 14.3. The van der Waals surface area contributed by atoms with E-state index in [4.69, 9.17) is 0 Å². The summed E-state index contributed by atoms with van der Waals surface area (Å²) in [7, 11) is -3.57. The predicted molar refractivity (Wildman–Crippen MR) is 104 cm³/mol. The van der Waals surface area contributed by atoms with E-state index in [1.165, 1.54) is 0 Å². The van der Waals surface area contributed by atoms with Gasteiger partial charge in [-0.15, -0.1) is 0 Å². The Balaban J connectivity index is 2.07. The largest absolute Gasteiger partial charge is 0.388 e. The third-order valence-electron chi connectivity index (χ3n) is 4.05. The van der Waals surface area contributed by atoms with Crippen LogP contribution in [0, 0.1) is 16.4 Å². The Morgan fingerprint density at radius 2 is 1.67 bits per heavy atom. The lowest BCUT2D eigenvalue weighted by molar-refractivity contribution is 0.108. The molecule has 0 aromatic heterocycles. The molecule has 0 bridgehead atoms. The first kappa shape index (κ1) is 19.4. The summed E-state index contributed by atoms with van der Waals surface area (Å²) in [5.41, 5.74) is 1.81. The quantitative estimate of drug-likeness (QED) is 0.622. The van der Waals surface area contributed by atoms with Gasteiger partial charge in [-0.05, 0) is 65.8 Å². The highest BCUT2D eigenvalue weighted by Gasteiger charge is 2.22. The van der Waals surface area contributed by atoms with Crippen LogP contribution in [0.25, 0.3) is 0 Å². The first-order chi connectivity index (χ1) is 11.3. The van der Waals surface area contributed by atoms with Crippen molar-refractivity contribution in [1.82, 2.24) is 4.72 Å². The van der Waals surface area contributed by atoms with Crippen molar-refractivity contribution in [2.45, 2.75) is 31.3 Å². The molecule has 0 saturated heterocycles. The number of aryl methyl sites for hydroxylation is 1. The lowest BCUT2D eigenvalue weighted by Crippen LogP contribution is -2.32. The number of hydrogen-bond acceptors (Lipinski definition) is 3. The van der Waals surface area contributed by atoms with Crippen molar-refractivity contribution in [3.8, 4) is 0 Å². The summed E-state index contributed by atoms with van der Waals surface area (Å²) < 4.78 is 28.5. The van der Waals surface area contributed by atoms with Gasteiger partial charge in [0.2, 0.25) is 10.0 Å². The maximum Gasteiger partial charge on any atom is 0.240 e. The first-order valence-electron chi connectivity index (χ1n) is 7.83. The number of nitrogens with one attached hydrogen (secondary N) is 1. The number of halogens is 1. The highest BCUT2D eigenvalue weighted by molar-refractivity contribution is 14.1. The molecular formula is C18H22INO3S. The molecular weight excluding hydrogens is 437 g/mol. The van der Waals surface area contributed by atoms with E-state index in [0.29, 0.717) is 6.42 Å². The van der Waals surface area contributed by atoms with E-state index in [0.717, 1.165) is 14.7 Å². The summed E-state index contributed by atoms with van der Waals surface area (Å²) in [6.07, 6.45) is -0.0310. The van der Waals surface area contributed by atoms with Gasteiger partial charge in [0.05, 0.1) is 11.0 Å². The second kappa shape index (κ2) is 8.42. The lowest BCUT2D eigenvalue weighted by Gasteiger charge is -2.22. The standard InChI is InChI=1S/C18H22INO3S/c1-3-14(18(21)15-6-8-16(19)9-7-15)12-20-24(22,23)17-10-4-13(2)5-11-17/h4-11,14,18,20-21H,3,12H2,1-2H3/t14-,18+/m1/s1. The maximum atomic E-state index is 12.4. The van der Waals surface area contributed by atoms with Crippen molar-refractivity contribution in [3.63, 3.8) is 0 Å². The topological polar surface area (TPSA) is 66.4 Å². The molecule has 4 nitrogen and oxygen atoms in total. The van der Waals surface area contributed by atoms with Gasteiger partial charge in [-0.25, -0.2) is 13.1 Å². The minimum atomic E-state index is -3.57. The van der Waals surface area contributed by atoms with Crippen LogP contribution in [0.15, 0.2) is 53.4 Å². The Kier molecular flexibility index (Phi) is 6.79. The molecule has 0 fully saturated rings. The average Bonchev–Trinajstić information content (AvgIpc) is 2.56. The molecule has 24 heavy (non-hydrogen) atoms. The minimum absolute atomic E-state index is 0.190. The van der Waals surface area contributed by atoms with Crippen LogP contribution < -0.4 is 4.72 Å². The highest BCUT2D eigenvalue weighted by atomic mass is 127. The Morgan fingerprint density at radius 3 is 2.21 bits per heavy atom. The van der Waals surface area contributed by atoms with Crippen LogP contribution in [0.2, 0.25) is 0 Å². The molecule has 0 saturated carbocycles. The van der Waals surface area contributed by atoms with Crippen molar-refractivity contribution in [3.05, 3.63) is 63.2 Å². The monoisotopic (exact) mass is 459 g/mol. The van der Waals surface area contributed by atoms with Crippen LogP contribution in [0.4, 0.5) is 0 Å². The molecule has 2 aromatic carbocycles. The highest BCUT2D eigenvalue weighted by Crippen LogP contribution is 2.25. The normalized spacial score (nSPS) is 14.3. The molecule has 6 heteroatoms. The van der Waals surface area contributed by atoms with Gasteiger partial charge >= 0.3 is 0 Å². The van der Waals surface area contributed by atoms with Gasteiger partial charge in [0, 0.05) is 16.0 Å². The number of sulfonamides is 1. The van der Waals surface area contributed by atoms with Crippen LogP contribution in [0.5, 0.6) is 0 Å². The SMILES string of the molecule is CC[C@H](CNS(=O)(=O)c1ccc(C)cc1)[C@H](O)c1ccc(I)cc1. The predicted octanol–water partition coefficient (Wildman–Crippen LogP) is 3.64. The Labute approximate surface area is 157 Å². The van der Waals surface area contributed by atoms with Gasteiger partial charge in [-0.3, -0.25) is 0 Å². The van der Waals surface area contributed by atoms with E-state index in [-0.39, 0.29) is 17.4 Å². The Hall–Kier alpha value is -0.960. The molecule has 2 atom stereocenters. The number of benzene rings is 2. The van der Waals surface area contributed by atoms with E-state index < -0.39 is 16.1 Å². The number of hydrogen-bond donors (Lipinski definition) is 2. The number of aliphatic hydroxyl groups is 1. The van der Waals surface area contributed by atoms with Gasteiger partial charge in [-0.1, -0.05) is 36.8 Å². The Bertz CT molecular complexity index is 758. The van der Waals surface area contributed by atoms with E-state index in [9.17, 15) is 13.5 Å². The molecule has 0 spiro atoms. The van der Waals surface area contributed by atoms with Crippen LogP contribution in [-0.2, 0) is 10.0 Å². The molecule has 0 aliphatic rings. The first-order valence-corrected chi connectivity index (χ1v) is 10.4. The fourth-order valence-electron chi connectivity index (χ4n) is 2.43. The van der Waals surface area contributed by atoms with Gasteiger partial charge in [0.1, 0.15) is 0 Å². The summed E-state index contributed by atoms with van der Waals surface area (Å²) in [5.74, 6) is -0.190. The summed E-state index contributed by atoms with van der Waals surface area (Å²) in [6.45, 7) is 4.05. The lowest BCUT2D eigenvalue weighted by atomic mass is 9.94. The van der Waals surface area contributed by atoms with Gasteiger partial charge in [-0.2, -0.15) is 0 Å². The number of aliphatic hydroxyl groups excluding tert-OH is 1. The van der Waals surface area contributed by atoms with Gasteiger partial charge in [0.15, 0.2) is 0 Å². The fourth-order valence-corrected chi connectivity index (χ4v) is 3.88. The zero-order chi connectivity index (χ0) is 17.7. The smallest absolute Gasteiger partial charge is 0.240 e. The van der Waals surface area contributed by atoms with E-state index >= 15 is 0 Å². The van der Waals surface area contributed by atoms with Gasteiger partial charge in [0.25, 0.3) is 0 Å². The molecule has 0 aliphatic heterocycles. The molecule has 0 radical (unpaired) electrons. The molecule has 0 amide bonds. The average molecular weight is 459 g/mol. The van der Waals surface area contributed by atoms with Gasteiger partial charge < -0.3 is 5.11 Å². The Morgan fingerprint density at radius 1 is 1.08 bits per heavy atom. The van der Waals surface area contributed by atoms with Crippen molar-refractivity contribution >= 4 is 32.6 Å². The maximum absolute atomic E-state index is 12.4. The summed E-state index contributed by atoms with van der Waals surface area (Å²) in [5, 5.41) is 10.5. The molecule has 2 N–H and O–H groups in total. The van der Waals surface area contributed by atoms with Crippen molar-refractivity contribution < 1.29 is 13.5 Å². The summed E-state index contributed by atoms with van der Waals surface area (Å²) in [4.78, 5) is 0.242. The van der Waals surface area contributed by atoms with Crippen LogP contribution in [0.3, 0.4) is 0 Å². The van der Waals surface area contributed by atoms with Crippen LogP contribution in [-0.4, -0.2) is 20.1 Å². The zero-order valence-corrected chi connectivity index (χ0v) is 16.7. The van der Waals surface area contributed by atoms with E-state index in [1.807, 2.05) is 38.1 Å². The molecule has 2 rings (SSSR count). The van der Waals surface area contributed by atoms with Crippen molar-refractivity contribution in [1.29, 1.82) is 0 Å². The van der Waals surface area contributed by atoms with Crippen molar-refractivity contribution in [2.75, 3.05) is 6.54 Å². The zero-order valence-electron chi connectivity index (χ0n) is 13.7. The molecule has 0 aliphatic carbocycles. The minimum Gasteiger partial charge on any atom is -0.388 e. The van der Waals surface area contributed by atoms with E-state index in [1.54, 1.807) is 24.3 Å². The molecule has 0 unspecified atom stereocenters. The van der Waals surface area contributed by atoms with Crippen LogP contribution in [0.1, 0.15) is 30.6 Å². The van der Waals surface area contributed by atoms with E-state index in [2.05, 4.69) is 27.3 Å². The number of rotatable bonds is 7. The van der Waals surface area contributed by atoms with Crippen LogP contribution >= 0.6 is 22.6 Å². The summed E-state index contributed by atoms with van der Waals surface area (Å²) >= 11 is 2.21. The van der Waals surface area contributed by atoms with Crippen molar-refractivity contribution in [2.24, 2.45) is 5.92 Å². The third-order valence-corrected chi connectivity index (χ3v) is 6.21. The second-order valence-corrected chi connectivity index (χ2v) is 8.84. The molecule has 2 aromatic rings.